The van der Waals surface area contributed by atoms with Gasteiger partial charge < -0.3 is 14.1 Å². The van der Waals surface area contributed by atoms with E-state index in [1.54, 1.807) is 37.3 Å². The number of thioether (sulfide) groups is 1. The van der Waals surface area contributed by atoms with Crippen LogP contribution < -0.4 is 0 Å². The number of rotatable bonds is 3. The van der Waals surface area contributed by atoms with Gasteiger partial charge in [0, 0.05) is 25.2 Å². The molecule has 8 nitrogen and oxygen atoms in total. The molecular formula is C19H17N3O5S. The number of nitro benzene ring substituents is 1. The Morgan fingerprint density at radius 2 is 2.04 bits per heavy atom. The zero-order chi connectivity index (χ0) is 19.7. The van der Waals surface area contributed by atoms with E-state index < -0.39 is 4.92 Å². The zero-order valence-electron chi connectivity index (χ0n) is 15.1. The normalized spacial score (nSPS) is 18.6. The molecule has 9 heteroatoms. The Balaban J connectivity index is 1.56. The molecule has 4 rings (SSSR count). The SMILES string of the molecule is Cc1ccc(-c2ccc(/C=C3\SC(N4CCOCC4)=NC3=O)o2)c([N+](=O)[O-])c1. The van der Waals surface area contributed by atoms with Crippen molar-refractivity contribution in [3.63, 3.8) is 0 Å². The molecule has 0 aliphatic carbocycles. The van der Waals surface area contributed by atoms with Crippen LogP contribution in [0.1, 0.15) is 11.3 Å². The highest BCUT2D eigenvalue weighted by Gasteiger charge is 2.27. The van der Waals surface area contributed by atoms with E-state index in [0.717, 1.165) is 5.56 Å². The zero-order valence-corrected chi connectivity index (χ0v) is 15.9. The predicted molar refractivity (Wildman–Crippen MR) is 106 cm³/mol. The molecule has 144 valence electrons. The maximum absolute atomic E-state index is 12.2. The third kappa shape index (κ3) is 3.71. The number of aliphatic imine (C=N–C) groups is 1. The quantitative estimate of drug-likeness (QED) is 0.443. The summed E-state index contributed by atoms with van der Waals surface area (Å²) in [6.07, 6.45) is 1.62. The minimum absolute atomic E-state index is 0.0159. The molecule has 28 heavy (non-hydrogen) atoms. The first-order valence-electron chi connectivity index (χ1n) is 8.72. The van der Waals surface area contributed by atoms with Crippen LogP contribution >= 0.6 is 11.8 Å². The largest absolute Gasteiger partial charge is 0.456 e. The number of nitrogens with zero attached hydrogens (tertiary/aromatic N) is 3. The van der Waals surface area contributed by atoms with Crippen molar-refractivity contribution in [2.75, 3.05) is 26.3 Å². The second-order valence-electron chi connectivity index (χ2n) is 6.39. The molecular weight excluding hydrogens is 382 g/mol. The van der Waals surface area contributed by atoms with Crippen molar-refractivity contribution in [2.24, 2.45) is 4.99 Å². The van der Waals surface area contributed by atoms with E-state index in [1.807, 2.05) is 4.90 Å². The molecule has 1 aromatic carbocycles. The molecule has 3 heterocycles. The number of hydrogen-bond donors (Lipinski definition) is 0. The first kappa shape index (κ1) is 18.5. The average molecular weight is 399 g/mol. The van der Waals surface area contributed by atoms with Gasteiger partial charge in [-0.15, -0.1) is 0 Å². The van der Waals surface area contributed by atoms with Crippen LogP contribution in [0, 0.1) is 17.0 Å². The van der Waals surface area contributed by atoms with Crippen LogP contribution in [0.15, 0.2) is 44.6 Å². The van der Waals surface area contributed by atoms with Crippen LogP contribution in [-0.4, -0.2) is 47.2 Å². The topological polar surface area (TPSA) is 98.2 Å². The fourth-order valence-electron chi connectivity index (χ4n) is 2.99. The molecule has 0 bridgehead atoms. The Hall–Kier alpha value is -2.91. The Kier molecular flexibility index (Phi) is 5.01. The van der Waals surface area contributed by atoms with Crippen molar-refractivity contribution in [1.29, 1.82) is 0 Å². The fraction of sp³-hybridized carbons (Fsp3) is 0.263. The van der Waals surface area contributed by atoms with E-state index in [0.29, 0.717) is 53.5 Å². The van der Waals surface area contributed by atoms with E-state index >= 15 is 0 Å². The molecule has 0 spiro atoms. The van der Waals surface area contributed by atoms with Crippen molar-refractivity contribution in [3.05, 3.63) is 56.7 Å². The summed E-state index contributed by atoms with van der Waals surface area (Å²) in [4.78, 5) is 29.7. The maximum atomic E-state index is 12.2. The Bertz CT molecular complexity index is 1000. The van der Waals surface area contributed by atoms with Gasteiger partial charge in [-0.05, 0) is 42.4 Å². The molecule has 1 saturated heterocycles. The highest BCUT2D eigenvalue weighted by atomic mass is 32.2. The number of hydrogen-bond acceptors (Lipinski definition) is 7. The first-order chi connectivity index (χ1) is 13.5. The van der Waals surface area contributed by atoms with E-state index in [2.05, 4.69) is 4.99 Å². The van der Waals surface area contributed by atoms with Crippen molar-refractivity contribution in [3.8, 4) is 11.3 Å². The second-order valence-corrected chi connectivity index (χ2v) is 7.40. The number of benzene rings is 1. The predicted octanol–water partition coefficient (Wildman–Crippen LogP) is 3.47. The average Bonchev–Trinajstić information content (AvgIpc) is 3.30. The van der Waals surface area contributed by atoms with Gasteiger partial charge in [-0.25, -0.2) is 0 Å². The van der Waals surface area contributed by atoms with Gasteiger partial charge in [-0.2, -0.15) is 4.99 Å². The van der Waals surface area contributed by atoms with Gasteiger partial charge in [-0.3, -0.25) is 14.9 Å². The van der Waals surface area contributed by atoms with Gasteiger partial charge in [0.25, 0.3) is 11.6 Å². The molecule has 0 saturated carbocycles. The lowest BCUT2D eigenvalue weighted by molar-refractivity contribution is -0.384. The van der Waals surface area contributed by atoms with Gasteiger partial charge in [0.15, 0.2) is 5.17 Å². The number of carbonyl (C=O) groups is 1. The smallest absolute Gasteiger partial charge is 0.286 e. The number of furan rings is 1. The highest BCUT2D eigenvalue weighted by Crippen LogP contribution is 2.34. The minimum atomic E-state index is -0.429. The summed E-state index contributed by atoms with van der Waals surface area (Å²) in [5.41, 5.74) is 1.18. The third-order valence-corrected chi connectivity index (χ3v) is 5.45. The molecule has 1 aromatic heterocycles. The number of nitro groups is 1. The molecule has 0 N–H and O–H groups in total. The van der Waals surface area contributed by atoms with Gasteiger partial charge in [0.05, 0.1) is 28.6 Å². The fourth-order valence-corrected chi connectivity index (χ4v) is 3.94. The highest BCUT2D eigenvalue weighted by molar-refractivity contribution is 8.18. The minimum Gasteiger partial charge on any atom is -0.456 e. The first-order valence-corrected chi connectivity index (χ1v) is 9.53. The molecule has 0 atom stereocenters. The van der Waals surface area contributed by atoms with Gasteiger partial charge in [0.2, 0.25) is 0 Å². The van der Waals surface area contributed by atoms with Gasteiger partial charge >= 0.3 is 0 Å². The number of aryl methyl sites for hydroxylation is 1. The molecule has 2 aliphatic heterocycles. The van der Waals surface area contributed by atoms with E-state index in [4.69, 9.17) is 9.15 Å². The lowest BCUT2D eigenvalue weighted by Gasteiger charge is -2.27. The summed E-state index contributed by atoms with van der Waals surface area (Å²) < 4.78 is 11.1. The van der Waals surface area contributed by atoms with Crippen LogP contribution in [-0.2, 0) is 9.53 Å². The molecule has 0 radical (unpaired) electrons. The van der Waals surface area contributed by atoms with E-state index in [9.17, 15) is 14.9 Å². The van der Waals surface area contributed by atoms with Crippen LogP contribution in [0.25, 0.3) is 17.4 Å². The number of amidine groups is 1. The molecule has 1 fully saturated rings. The standard InChI is InChI=1S/C19H17N3O5S/c1-12-2-4-14(15(10-12)22(24)25)16-5-3-13(27-16)11-17-18(23)20-19(28-17)21-6-8-26-9-7-21/h2-5,10-11H,6-9H2,1H3/b17-11-. The number of carbonyl (C=O) groups excluding carboxylic acids is 1. The van der Waals surface area contributed by atoms with Crippen molar-refractivity contribution in [2.45, 2.75) is 6.92 Å². The summed E-state index contributed by atoms with van der Waals surface area (Å²) in [6, 6.07) is 8.32. The summed E-state index contributed by atoms with van der Waals surface area (Å²) >= 11 is 1.30. The Labute approximate surface area is 165 Å². The third-order valence-electron chi connectivity index (χ3n) is 4.41. The van der Waals surface area contributed by atoms with E-state index in [-0.39, 0.29) is 11.6 Å². The van der Waals surface area contributed by atoms with Crippen molar-refractivity contribution in [1.82, 2.24) is 4.90 Å². The van der Waals surface area contributed by atoms with Gasteiger partial charge in [-0.1, -0.05) is 6.07 Å². The van der Waals surface area contributed by atoms with Crippen molar-refractivity contribution >= 4 is 34.6 Å². The van der Waals surface area contributed by atoms with Crippen LogP contribution in [0.5, 0.6) is 0 Å². The summed E-state index contributed by atoms with van der Waals surface area (Å²) in [7, 11) is 0. The number of morpholine rings is 1. The lowest BCUT2D eigenvalue weighted by atomic mass is 10.1. The monoisotopic (exact) mass is 399 g/mol. The van der Waals surface area contributed by atoms with Crippen LogP contribution in [0.4, 0.5) is 5.69 Å². The van der Waals surface area contributed by atoms with E-state index in [1.165, 1.54) is 17.8 Å². The molecule has 2 aromatic rings. The maximum Gasteiger partial charge on any atom is 0.286 e. The molecule has 2 aliphatic rings. The van der Waals surface area contributed by atoms with Crippen LogP contribution in [0.2, 0.25) is 0 Å². The summed E-state index contributed by atoms with van der Waals surface area (Å²) in [5, 5.41) is 12.0. The number of ether oxygens (including phenoxy) is 1. The van der Waals surface area contributed by atoms with Gasteiger partial charge in [0.1, 0.15) is 11.5 Å². The Morgan fingerprint density at radius 3 is 2.79 bits per heavy atom. The molecule has 1 amide bonds. The van der Waals surface area contributed by atoms with Crippen LogP contribution in [0.3, 0.4) is 0 Å². The summed E-state index contributed by atoms with van der Waals surface area (Å²) in [6.45, 7) is 4.43. The Morgan fingerprint density at radius 1 is 1.25 bits per heavy atom. The second kappa shape index (κ2) is 7.61. The summed E-state index contributed by atoms with van der Waals surface area (Å²) in [5.74, 6) is 0.508. The lowest BCUT2D eigenvalue weighted by Crippen LogP contribution is -2.38. The number of amides is 1. The molecule has 0 unspecified atom stereocenters. The van der Waals surface area contributed by atoms with Crippen molar-refractivity contribution < 1.29 is 18.9 Å².